The van der Waals surface area contributed by atoms with Crippen molar-refractivity contribution < 1.29 is 19.8 Å². The lowest BCUT2D eigenvalue weighted by Crippen LogP contribution is -2.74. The number of amides is 2. The average molecular weight is 535 g/mol. The Bertz CT molecular complexity index is 1400. The third-order valence-electron chi connectivity index (χ3n) is 9.61. The molecule has 2 heterocycles. The summed E-state index contributed by atoms with van der Waals surface area (Å²) >= 11 is 0. The van der Waals surface area contributed by atoms with Crippen molar-refractivity contribution in [3.63, 3.8) is 0 Å². The summed E-state index contributed by atoms with van der Waals surface area (Å²) in [6, 6.07) is 6.07. The molecule has 0 unspecified atom stereocenters. The van der Waals surface area contributed by atoms with Crippen LogP contribution in [0, 0.1) is 11.8 Å². The number of carbonyl (C=O) groups excluding carboxylic acids is 2. The first-order valence-corrected chi connectivity index (χ1v) is 14.1. The Hall–Kier alpha value is -3.17. The SMILES string of the molecule is CC(C)C[C@H](NC(=O)c1cc2c([nH]c1=O)C[C@]13CCN(CC4CC4)[C@H](Cc4ccc(O)cc41)[C@]3(O)C2)C(N)=O. The van der Waals surface area contributed by atoms with E-state index in [0.29, 0.717) is 37.3 Å². The van der Waals surface area contributed by atoms with E-state index < -0.39 is 34.4 Å². The molecular weight excluding hydrogens is 496 g/mol. The average Bonchev–Trinajstić information content (AvgIpc) is 3.68. The number of hydrogen-bond acceptors (Lipinski definition) is 6. The summed E-state index contributed by atoms with van der Waals surface area (Å²) in [6.07, 6.45) is 4.91. The van der Waals surface area contributed by atoms with Gasteiger partial charge in [-0.1, -0.05) is 19.9 Å². The van der Waals surface area contributed by atoms with Crippen LogP contribution in [0.1, 0.15) is 72.3 Å². The molecule has 4 aliphatic rings. The number of benzene rings is 1. The minimum absolute atomic E-state index is 0.0860. The Morgan fingerprint density at radius 1 is 1.21 bits per heavy atom. The lowest BCUT2D eigenvalue weighted by molar-refractivity contribution is -0.152. The van der Waals surface area contributed by atoms with Crippen LogP contribution in [0.5, 0.6) is 5.75 Å². The van der Waals surface area contributed by atoms with Gasteiger partial charge >= 0.3 is 0 Å². The highest BCUT2D eigenvalue weighted by atomic mass is 16.3. The van der Waals surface area contributed by atoms with Gasteiger partial charge in [0, 0.05) is 36.5 Å². The predicted molar refractivity (Wildman–Crippen MR) is 146 cm³/mol. The topological polar surface area (TPSA) is 149 Å². The number of rotatable bonds is 7. The highest BCUT2D eigenvalue weighted by Crippen LogP contribution is 2.57. The Kier molecular flexibility index (Phi) is 6.15. The number of pyridine rings is 1. The quantitative estimate of drug-likeness (QED) is 0.364. The van der Waals surface area contributed by atoms with Gasteiger partial charge in [0.25, 0.3) is 11.5 Å². The molecule has 1 saturated heterocycles. The summed E-state index contributed by atoms with van der Waals surface area (Å²) < 4.78 is 0. The van der Waals surface area contributed by atoms with Crippen LogP contribution < -0.4 is 16.6 Å². The molecule has 9 nitrogen and oxygen atoms in total. The number of phenols is 1. The molecular formula is C30H38N4O5. The van der Waals surface area contributed by atoms with Gasteiger partial charge in [-0.2, -0.15) is 0 Å². The van der Waals surface area contributed by atoms with Crippen LogP contribution in [0.4, 0.5) is 0 Å². The molecule has 208 valence electrons. The molecule has 1 aliphatic heterocycles. The van der Waals surface area contributed by atoms with Gasteiger partial charge in [0.15, 0.2) is 0 Å². The second-order valence-corrected chi connectivity index (χ2v) is 12.7. The molecule has 1 aromatic heterocycles. The second kappa shape index (κ2) is 9.20. The van der Waals surface area contributed by atoms with Crippen molar-refractivity contribution >= 4 is 11.8 Å². The summed E-state index contributed by atoms with van der Waals surface area (Å²) in [6.45, 7) is 5.67. The maximum absolute atomic E-state index is 13.2. The summed E-state index contributed by atoms with van der Waals surface area (Å²) in [4.78, 5) is 43.6. The van der Waals surface area contributed by atoms with E-state index in [2.05, 4.69) is 15.2 Å². The zero-order chi connectivity index (χ0) is 27.7. The Balaban J connectivity index is 1.40. The summed E-state index contributed by atoms with van der Waals surface area (Å²) in [5.41, 5.74) is 6.64. The zero-order valence-corrected chi connectivity index (χ0v) is 22.6. The highest BCUT2D eigenvalue weighted by molar-refractivity contribution is 5.97. The third kappa shape index (κ3) is 4.26. The number of aromatic hydroxyl groups is 1. The van der Waals surface area contributed by atoms with E-state index in [1.165, 1.54) is 12.8 Å². The number of aliphatic hydroxyl groups is 1. The Labute approximate surface area is 227 Å². The fraction of sp³-hybridized carbons (Fsp3) is 0.567. The van der Waals surface area contributed by atoms with Gasteiger partial charge in [-0.25, -0.2) is 0 Å². The molecule has 4 atom stereocenters. The smallest absolute Gasteiger partial charge is 0.261 e. The number of nitrogens with zero attached hydrogens (tertiary/aromatic N) is 1. The van der Waals surface area contributed by atoms with Gasteiger partial charge in [-0.3, -0.25) is 19.3 Å². The number of aromatic nitrogens is 1. The number of primary amides is 1. The predicted octanol–water partition coefficient (Wildman–Crippen LogP) is 1.52. The monoisotopic (exact) mass is 534 g/mol. The molecule has 0 radical (unpaired) electrons. The van der Waals surface area contributed by atoms with Crippen LogP contribution in [0.15, 0.2) is 29.1 Å². The van der Waals surface area contributed by atoms with E-state index in [1.54, 1.807) is 18.2 Å². The number of nitrogens with one attached hydrogen (secondary N) is 2. The molecule has 1 aromatic carbocycles. The van der Waals surface area contributed by atoms with Crippen LogP contribution >= 0.6 is 0 Å². The van der Waals surface area contributed by atoms with E-state index in [0.717, 1.165) is 29.8 Å². The number of H-pyrrole nitrogens is 1. The first-order chi connectivity index (χ1) is 18.5. The van der Waals surface area contributed by atoms with Crippen molar-refractivity contribution in [2.75, 3.05) is 13.1 Å². The lowest BCUT2D eigenvalue weighted by Gasteiger charge is -2.63. The molecule has 9 heteroatoms. The molecule has 0 spiro atoms. The Morgan fingerprint density at radius 2 is 1.97 bits per heavy atom. The summed E-state index contributed by atoms with van der Waals surface area (Å²) in [5.74, 6) is -0.322. The van der Waals surface area contributed by atoms with Gasteiger partial charge in [0.05, 0.1) is 5.60 Å². The maximum Gasteiger partial charge on any atom is 0.261 e. The molecule has 2 amide bonds. The molecule has 6 rings (SSSR count). The molecule has 1 saturated carbocycles. The molecule has 2 fully saturated rings. The molecule has 2 aromatic rings. The molecule has 3 aliphatic carbocycles. The minimum Gasteiger partial charge on any atom is -0.508 e. The van der Waals surface area contributed by atoms with Gasteiger partial charge < -0.3 is 26.2 Å². The number of piperidine rings is 1. The second-order valence-electron chi connectivity index (χ2n) is 12.7. The largest absolute Gasteiger partial charge is 0.508 e. The summed E-state index contributed by atoms with van der Waals surface area (Å²) in [5, 5.41) is 25.7. The number of aromatic amines is 1. The van der Waals surface area contributed by atoms with Crippen LogP contribution in [0.25, 0.3) is 0 Å². The van der Waals surface area contributed by atoms with Gasteiger partial charge in [-0.15, -0.1) is 0 Å². The van der Waals surface area contributed by atoms with Crippen LogP contribution in [-0.2, 0) is 29.5 Å². The van der Waals surface area contributed by atoms with Gasteiger partial charge in [0.2, 0.25) is 5.91 Å². The molecule has 39 heavy (non-hydrogen) atoms. The first-order valence-electron chi connectivity index (χ1n) is 14.1. The van der Waals surface area contributed by atoms with Crippen molar-refractivity contribution in [1.29, 1.82) is 0 Å². The van der Waals surface area contributed by atoms with Crippen molar-refractivity contribution in [1.82, 2.24) is 15.2 Å². The standard InChI is InChI=1S/C30H38N4O5/c1-16(2)9-23(26(31)36)32-27(37)21-10-19-13-30(39)25-11-18-5-6-20(35)12-22(18)29(30,14-24(19)33-28(21)38)7-8-34(25)15-17-3-4-17/h5-6,10,12,16-17,23,25,35,39H,3-4,7-9,11,13-15H2,1-2H3,(H2,31,36)(H,32,37)(H,33,38)/t23-,25+,29+,30+/m0/s1. The fourth-order valence-electron chi connectivity index (χ4n) is 7.51. The van der Waals surface area contributed by atoms with Crippen LogP contribution in [0.2, 0.25) is 0 Å². The number of hydrogen-bond donors (Lipinski definition) is 5. The maximum atomic E-state index is 13.2. The third-order valence-corrected chi connectivity index (χ3v) is 9.61. The highest BCUT2D eigenvalue weighted by Gasteiger charge is 2.64. The summed E-state index contributed by atoms with van der Waals surface area (Å²) in [7, 11) is 0. The Morgan fingerprint density at radius 3 is 2.67 bits per heavy atom. The van der Waals surface area contributed by atoms with Crippen LogP contribution in [0.3, 0.4) is 0 Å². The van der Waals surface area contributed by atoms with Crippen molar-refractivity contribution in [3.8, 4) is 5.75 Å². The van der Waals surface area contributed by atoms with Crippen LogP contribution in [-0.4, -0.2) is 62.7 Å². The lowest BCUT2D eigenvalue weighted by atomic mass is 9.49. The number of phenolic OH excluding ortho intramolecular Hbond substituents is 1. The van der Waals surface area contributed by atoms with E-state index in [4.69, 9.17) is 5.73 Å². The number of nitrogens with two attached hydrogens (primary N) is 1. The van der Waals surface area contributed by atoms with Crippen molar-refractivity contribution in [3.05, 3.63) is 62.6 Å². The van der Waals surface area contributed by atoms with Gasteiger partial charge in [-0.05, 0) is 85.4 Å². The number of fused-ring (bicyclic) bond motifs is 2. The van der Waals surface area contributed by atoms with E-state index in [1.807, 2.05) is 19.9 Å². The first kappa shape index (κ1) is 26.1. The van der Waals surface area contributed by atoms with E-state index >= 15 is 0 Å². The number of likely N-dealkylation sites (tertiary alicyclic amines) is 1. The van der Waals surface area contributed by atoms with E-state index in [9.17, 15) is 24.6 Å². The fourth-order valence-corrected chi connectivity index (χ4v) is 7.51. The molecule has 6 N–H and O–H groups in total. The van der Waals surface area contributed by atoms with Gasteiger partial charge in [0.1, 0.15) is 17.4 Å². The van der Waals surface area contributed by atoms with E-state index in [-0.39, 0.29) is 29.7 Å². The van der Waals surface area contributed by atoms with Crippen molar-refractivity contribution in [2.45, 2.75) is 81.9 Å². The van der Waals surface area contributed by atoms with Crippen molar-refractivity contribution in [2.24, 2.45) is 17.6 Å². The normalized spacial score (nSPS) is 28.3. The zero-order valence-electron chi connectivity index (χ0n) is 22.6. The number of carbonyl (C=O) groups is 2. The molecule has 2 bridgehead atoms. The minimum atomic E-state index is -1.13.